The third-order valence-electron chi connectivity index (χ3n) is 3.53. The molecule has 1 unspecified atom stereocenters. The van der Waals surface area contributed by atoms with E-state index in [0.29, 0.717) is 22.2 Å². The SMILES string of the molecule is COc1ccc(NC(=O)C(C)Oc2ccc(Cl)cc2C(N)=O)cc1OC. The summed E-state index contributed by atoms with van der Waals surface area (Å²) in [5.41, 5.74) is 5.92. The maximum absolute atomic E-state index is 12.4. The summed E-state index contributed by atoms with van der Waals surface area (Å²) in [5.74, 6) is 0.0871. The van der Waals surface area contributed by atoms with Crippen LogP contribution in [0.3, 0.4) is 0 Å². The Balaban J connectivity index is 2.12. The second kappa shape index (κ2) is 8.44. The molecular weight excluding hydrogens is 360 g/mol. The van der Waals surface area contributed by atoms with Crippen molar-refractivity contribution in [2.24, 2.45) is 5.73 Å². The first-order valence-corrected chi connectivity index (χ1v) is 8.02. The molecule has 0 aliphatic carbocycles. The number of benzene rings is 2. The lowest BCUT2D eigenvalue weighted by atomic mass is 10.2. The lowest BCUT2D eigenvalue weighted by Crippen LogP contribution is -2.31. The monoisotopic (exact) mass is 378 g/mol. The van der Waals surface area contributed by atoms with Gasteiger partial charge in [-0.25, -0.2) is 0 Å². The molecule has 3 N–H and O–H groups in total. The molecule has 2 amide bonds. The summed E-state index contributed by atoms with van der Waals surface area (Å²) in [6.07, 6.45) is -0.887. The van der Waals surface area contributed by atoms with E-state index < -0.39 is 17.9 Å². The number of methoxy groups -OCH3 is 2. The molecule has 0 spiro atoms. The zero-order valence-electron chi connectivity index (χ0n) is 14.5. The number of amides is 2. The van der Waals surface area contributed by atoms with Gasteiger partial charge in [0.05, 0.1) is 19.8 Å². The highest BCUT2D eigenvalue weighted by Crippen LogP contribution is 2.30. The Labute approximate surface area is 156 Å². The maximum atomic E-state index is 12.4. The van der Waals surface area contributed by atoms with E-state index in [1.165, 1.54) is 26.4 Å². The van der Waals surface area contributed by atoms with E-state index in [-0.39, 0.29) is 11.3 Å². The molecule has 2 rings (SSSR count). The fourth-order valence-electron chi connectivity index (χ4n) is 2.20. The molecule has 0 fully saturated rings. The predicted molar refractivity (Wildman–Crippen MR) is 98.2 cm³/mol. The van der Waals surface area contributed by atoms with Gasteiger partial charge in [-0.15, -0.1) is 0 Å². The number of hydrogen-bond acceptors (Lipinski definition) is 5. The number of ether oxygens (including phenoxy) is 3. The third-order valence-corrected chi connectivity index (χ3v) is 3.77. The van der Waals surface area contributed by atoms with Gasteiger partial charge in [0, 0.05) is 16.8 Å². The molecule has 0 saturated heterocycles. The van der Waals surface area contributed by atoms with Crippen molar-refractivity contribution in [1.82, 2.24) is 0 Å². The molecule has 0 radical (unpaired) electrons. The van der Waals surface area contributed by atoms with Gasteiger partial charge in [0.2, 0.25) is 0 Å². The number of halogens is 1. The van der Waals surface area contributed by atoms with Crippen LogP contribution in [0.1, 0.15) is 17.3 Å². The van der Waals surface area contributed by atoms with Crippen molar-refractivity contribution in [3.05, 3.63) is 47.0 Å². The molecule has 0 heterocycles. The van der Waals surface area contributed by atoms with Crippen LogP contribution in [0, 0.1) is 0 Å². The molecule has 0 bridgehead atoms. The molecule has 8 heteroatoms. The van der Waals surface area contributed by atoms with Gasteiger partial charge in [-0.05, 0) is 37.3 Å². The van der Waals surface area contributed by atoms with Crippen LogP contribution in [0.4, 0.5) is 5.69 Å². The minimum atomic E-state index is -0.887. The van der Waals surface area contributed by atoms with Crippen molar-refractivity contribution in [3.63, 3.8) is 0 Å². The van der Waals surface area contributed by atoms with Crippen molar-refractivity contribution in [2.75, 3.05) is 19.5 Å². The number of rotatable bonds is 7. The highest BCUT2D eigenvalue weighted by Gasteiger charge is 2.19. The van der Waals surface area contributed by atoms with Crippen LogP contribution >= 0.6 is 11.6 Å². The Morgan fingerprint density at radius 2 is 1.69 bits per heavy atom. The summed E-state index contributed by atoms with van der Waals surface area (Å²) in [6.45, 7) is 1.55. The van der Waals surface area contributed by atoms with E-state index in [2.05, 4.69) is 5.32 Å². The first-order chi connectivity index (χ1) is 12.3. The summed E-state index contributed by atoms with van der Waals surface area (Å²) >= 11 is 5.86. The molecule has 2 aromatic rings. The number of carbonyl (C=O) groups is 2. The van der Waals surface area contributed by atoms with Crippen molar-refractivity contribution >= 4 is 29.1 Å². The summed E-state index contributed by atoms with van der Waals surface area (Å²) in [4.78, 5) is 23.9. The fourth-order valence-corrected chi connectivity index (χ4v) is 2.37. The molecule has 26 heavy (non-hydrogen) atoms. The number of anilines is 1. The molecular formula is C18H19ClN2O5. The lowest BCUT2D eigenvalue weighted by Gasteiger charge is -2.17. The third kappa shape index (κ3) is 4.58. The Morgan fingerprint density at radius 3 is 2.31 bits per heavy atom. The lowest BCUT2D eigenvalue weighted by molar-refractivity contribution is -0.122. The Hall–Kier alpha value is -2.93. The quantitative estimate of drug-likeness (QED) is 0.771. The van der Waals surface area contributed by atoms with E-state index in [1.807, 2.05) is 0 Å². The maximum Gasteiger partial charge on any atom is 0.265 e. The number of nitrogens with one attached hydrogen (secondary N) is 1. The van der Waals surface area contributed by atoms with E-state index in [1.54, 1.807) is 31.2 Å². The Bertz CT molecular complexity index is 825. The number of hydrogen-bond donors (Lipinski definition) is 2. The minimum absolute atomic E-state index is 0.100. The van der Waals surface area contributed by atoms with E-state index in [4.69, 9.17) is 31.5 Å². The average Bonchev–Trinajstić information content (AvgIpc) is 2.62. The Morgan fingerprint density at radius 1 is 1.04 bits per heavy atom. The molecule has 0 aliphatic heterocycles. The van der Waals surface area contributed by atoms with Gasteiger partial charge in [0.1, 0.15) is 5.75 Å². The summed E-state index contributed by atoms with van der Waals surface area (Å²) in [7, 11) is 3.02. The number of nitrogens with two attached hydrogens (primary N) is 1. The Kier molecular flexibility index (Phi) is 6.30. The van der Waals surface area contributed by atoms with Crippen molar-refractivity contribution in [3.8, 4) is 17.2 Å². The fraction of sp³-hybridized carbons (Fsp3) is 0.222. The second-order valence-electron chi connectivity index (χ2n) is 5.32. The van der Waals surface area contributed by atoms with E-state index in [0.717, 1.165) is 0 Å². The van der Waals surface area contributed by atoms with Crippen LogP contribution < -0.4 is 25.3 Å². The van der Waals surface area contributed by atoms with Gasteiger partial charge in [0.25, 0.3) is 11.8 Å². The molecule has 1 atom stereocenters. The largest absolute Gasteiger partial charge is 0.493 e. The van der Waals surface area contributed by atoms with Gasteiger partial charge in [0.15, 0.2) is 17.6 Å². The second-order valence-corrected chi connectivity index (χ2v) is 5.76. The highest BCUT2D eigenvalue weighted by atomic mass is 35.5. The molecule has 7 nitrogen and oxygen atoms in total. The van der Waals surface area contributed by atoms with Gasteiger partial charge in [-0.3, -0.25) is 9.59 Å². The normalized spacial score (nSPS) is 11.4. The van der Waals surface area contributed by atoms with Crippen LogP contribution in [0.15, 0.2) is 36.4 Å². The zero-order chi connectivity index (χ0) is 19.3. The molecule has 138 valence electrons. The van der Waals surface area contributed by atoms with Crippen LogP contribution in [0.2, 0.25) is 5.02 Å². The molecule has 0 aliphatic rings. The summed E-state index contributed by atoms with van der Waals surface area (Å²) < 4.78 is 15.9. The van der Waals surface area contributed by atoms with Crippen molar-refractivity contribution in [1.29, 1.82) is 0 Å². The standard InChI is InChI=1S/C18H19ClN2O5/c1-10(26-14-6-4-11(19)8-13(14)17(20)22)18(23)21-12-5-7-15(24-2)16(9-12)25-3/h4-10H,1-3H3,(H2,20,22)(H,21,23). The smallest absolute Gasteiger partial charge is 0.265 e. The first-order valence-electron chi connectivity index (χ1n) is 7.64. The average molecular weight is 379 g/mol. The van der Waals surface area contributed by atoms with Crippen molar-refractivity contribution < 1.29 is 23.8 Å². The van der Waals surface area contributed by atoms with Crippen molar-refractivity contribution in [2.45, 2.75) is 13.0 Å². The predicted octanol–water partition coefficient (Wildman–Crippen LogP) is 2.86. The summed E-state index contributed by atoms with van der Waals surface area (Å²) in [6, 6.07) is 9.39. The number of primary amides is 1. The van der Waals surface area contributed by atoms with Crippen LogP contribution in [0.25, 0.3) is 0 Å². The number of carbonyl (C=O) groups excluding carboxylic acids is 2. The molecule has 0 saturated carbocycles. The van der Waals surface area contributed by atoms with Gasteiger partial charge >= 0.3 is 0 Å². The minimum Gasteiger partial charge on any atom is -0.493 e. The molecule has 2 aromatic carbocycles. The van der Waals surface area contributed by atoms with E-state index in [9.17, 15) is 9.59 Å². The topological polar surface area (TPSA) is 99.9 Å². The van der Waals surface area contributed by atoms with Crippen LogP contribution in [-0.4, -0.2) is 32.1 Å². The zero-order valence-corrected chi connectivity index (χ0v) is 15.3. The molecule has 0 aromatic heterocycles. The summed E-state index contributed by atoms with van der Waals surface area (Å²) in [5, 5.41) is 3.05. The van der Waals surface area contributed by atoms with Crippen LogP contribution in [0.5, 0.6) is 17.2 Å². The highest BCUT2D eigenvalue weighted by molar-refractivity contribution is 6.31. The first kappa shape index (κ1) is 19.4. The van der Waals surface area contributed by atoms with E-state index >= 15 is 0 Å². The van der Waals surface area contributed by atoms with Gasteiger partial charge in [-0.2, -0.15) is 0 Å². The van der Waals surface area contributed by atoms with Gasteiger partial charge in [-0.1, -0.05) is 11.6 Å². The van der Waals surface area contributed by atoms with Gasteiger partial charge < -0.3 is 25.3 Å². The van der Waals surface area contributed by atoms with Crippen LogP contribution in [-0.2, 0) is 4.79 Å².